The van der Waals surface area contributed by atoms with E-state index in [0.717, 1.165) is 47.7 Å². The Morgan fingerprint density at radius 3 is 2.64 bits per heavy atom. The second-order valence-electron chi connectivity index (χ2n) is 6.55. The van der Waals surface area contributed by atoms with Crippen molar-refractivity contribution < 1.29 is 5.11 Å². The number of thiophene rings is 1. The van der Waals surface area contributed by atoms with Gasteiger partial charge in [0.25, 0.3) is 0 Å². The predicted octanol–water partition coefficient (Wildman–Crippen LogP) is 5.12. The Kier molecular flexibility index (Phi) is 5.39. The van der Waals surface area contributed by atoms with Gasteiger partial charge in [-0.2, -0.15) is 0 Å². The minimum atomic E-state index is 0.253. The number of benzene rings is 1. The molecule has 0 unspecified atom stereocenters. The van der Waals surface area contributed by atoms with Gasteiger partial charge in [0.05, 0.1) is 12.0 Å². The molecule has 0 aliphatic heterocycles. The zero-order valence-corrected chi connectivity index (χ0v) is 16.5. The lowest BCUT2D eigenvalue weighted by molar-refractivity contribution is 0.475. The molecule has 1 aromatic carbocycles. The quantitative estimate of drug-likeness (QED) is 0.409. The number of anilines is 1. The summed E-state index contributed by atoms with van der Waals surface area (Å²) in [5.74, 6) is 1.09. The summed E-state index contributed by atoms with van der Waals surface area (Å²) in [5.41, 5.74) is 4.09. The first-order valence-electron chi connectivity index (χ1n) is 9.33. The summed E-state index contributed by atoms with van der Waals surface area (Å²) >= 11 is 1.81. The molecule has 142 valence electrons. The number of imidazole rings is 1. The number of phenolic OH excluding ortho intramolecular Hbond substituents is 1. The average Bonchev–Trinajstić information content (AvgIpc) is 3.40. The Morgan fingerprint density at radius 2 is 1.93 bits per heavy atom. The fraction of sp³-hybridized carbons (Fsp3) is 0.182. The predicted molar refractivity (Wildman–Crippen MR) is 115 cm³/mol. The standard InChI is InChI=1S/C22H22N4OS/c1-2-19-7-8-21(28-19)16-11-20(15-3-5-18(27)6-4-15)26-22(12-16)24-10-9-17-13-23-14-25-17/h3-8,11-14,27H,2,9-10H2,1H3,(H,23,25)(H,24,26). The van der Waals surface area contributed by atoms with Crippen molar-refractivity contribution in [3.05, 3.63) is 71.6 Å². The number of aromatic hydroxyl groups is 1. The van der Waals surface area contributed by atoms with Crippen molar-refractivity contribution in [2.75, 3.05) is 11.9 Å². The highest BCUT2D eigenvalue weighted by Crippen LogP contribution is 2.33. The van der Waals surface area contributed by atoms with Gasteiger partial charge in [0.2, 0.25) is 0 Å². The van der Waals surface area contributed by atoms with Crippen LogP contribution in [0.25, 0.3) is 21.7 Å². The van der Waals surface area contributed by atoms with Gasteiger partial charge in [0.15, 0.2) is 0 Å². The van der Waals surface area contributed by atoms with E-state index in [0.29, 0.717) is 0 Å². The molecule has 0 bridgehead atoms. The van der Waals surface area contributed by atoms with E-state index in [1.165, 1.54) is 9.75 Å². The van der Waals surface area contributed by atoms with Gasteiger partial charge in [-0.25, -0.2) is 9.97 Å². The van der Waals surface area contributed by atoms with Crippen LogP contribution in [0.4, 0.5) is 5.82 Å². The smallest absolute Gasteiger partial charge is 0.127 e. The van der Waals surface area contributed by atoms with Crippen LogP contribution < -0.4 is 5.32 Å². The van der Waals surface area contributed by atoms with Gasteiger partial charge in [0, 0.05) is 40.2 Å². The van der Waals surface area contributed by atoms with Crippen LogP contribution in [0.15, 0.2) is 61.1 Å². The Hall–Kier alpha value is -3.12. The molecule has 0 radical (unpaired) electrons. The molecule has 4 aromatic rings. The van der Waals surface area contributed by atoms with E-state index >= 15 is 0 Å². The minimum absolute atomic E-state index is 0.253. The second kappa shape index (κ2) is 8.27. The topological polar surface area (TPSA) is 73.8 Å². The molecule has 0 spiro atoms. The van der Waals surface area contributed by atoms with E-state index in [2.05, 4.69) is 46.5 Å². The van der Waals surface area contributed by atoms with E-state index < -0.39 is 0 Å². The van der Waals surface area contributed by atoms with Crippen LogP contribution in [0.2, 0.25) is 0 Å². The largest absolute Gasteiger partial charge is 0.508 e. The van der Waals surface area contributed by atoms with Crippen LogP contribution in [0.1, 0.15) is 17.5 Å². The van der Waals surface area contributed by atoms with E-state index in [4.69, 9.17) is 4.98 Å². The number of aromatic amines is 1. The van der Waals surface area contributed by atoms with Gasteiger partial charge in [-0.3, -0.25) is 0 Å². The van der Waals surface area contributed by atoms with Crippen molar-refractivity contribution in [1.29, 1.82) is 0 Å². The van der Waals surface area contributed by atoms with Crippen LogP contribution >= 0.6 is 11.3 Å². The van der Waals surface area contributed by atoms with E-state index in [1.807, 2.05) is 29.7 Å². The van der Waals surface area contributed by atoms with Gasteiger partial charge < -0.3 is 15.4 Å². The maximum atomic E-state index is 9.59. The molecule has 6 heteroatoms. The molecule has 28 heavy (non-hydrogen) atoms. The number of rotatable bonds is 7. The van der Waals surface area contributed by atoms with Crippen molar-refractivity contribution in [1.82, 2.24) is 15.0 Å². The zero-order valence-electron chi connectivity index (χ0n) is 15.6. The molecule has 0 amide bonds. The number of nitrogens with one attached hydrogen (secondary N) is 2. The highest BCUT2D eigenvalue weighted by molar-refractivity contribution is 7.15. The van der Waals surface area contributed by atoms with E-state index in [9.17, 15) is 5.11 Å². The van der Waals surface area contributed by atoms with Crippen molar-refractivity contribution >= 4 is 17.2 Å². The Morgan fingerprint density at radius 1 is 1.07 bits per heavy atom. The van der Waals surface area contributed by atoms with Gasteiger partial charge in [-0.15, -0.1) is 11.3 Å². The molecular formula is C22H22N4OS. The summed E-state index contributed by atoms with van der Waals surface area (Å²) < 4.78 is 0. The van der Waals surface area contributed by atoms with Gasteiger partial charge in [-0.05, 0) is 60.5 Å². The lowest BCUT2D eigenvalue weighted by Crippen LogP contribution is -2.07. The molecule has 3 heterocycles. The molecule has 0 aliphatic rings. The van der Waals surface area contributed by atoms with Crippen molar-refractivity contribution in [2.45, 2.75) is 19.8 Å². The van der Waals surface area contributed by atoms with Crippen molar-refractivity contribution in [3.63, 3.8) is 0 Å². The fourth-order valence-electron chi connectivity index (χ4n) is 3.01. The second-order valence-corrected chi connectivity index (χ2v) is 7.71. The van der Waals surface area contributed by atoms with Crippen molar-refractivity contribution in [3.8, 4) is 27.4 Å². The van der Waals surface area contributed by atoms with Crippen molar-refractivity contribution in [2.24, 2.45) is 0 Å². The van der Waals surface area contributed by atoms with Gasteiger partial charge >= 0.3 is 0 Å². The molecular weight excluding hydrogens is 368 g/mol. The normalized spacial score (nSPS) is 10.9. The number of hydrogen-bond donors (Lipinski definition) is 3. The zero-order chi connectivity index (χ0) is 19.3. The summed E-state index contributed by atoms with van der Waals surface area (Å²) in [7, 11) is 0. The number of aromatic nitrogens is 3. The lowest BCUT2D eigenvalue weighted by atomic mass is 10.1. The summed E-state index contributed by atoms with van der Waals surface area (Å²) in [6.07, 6.45) is 5.42. The molecule has 3 N–H and O–H groups in total. The summed E-state index contributed by atoms with van der Waals surface area (Å²) in [4.78, 5) is 14.6. The molecule has 5 nitrogen and oxygen atoms in total. The third-order valence-electron chi connectivity index (χ3n) is 4.54. The molecule has 4 rings (SSSR count). The molecule has 0 saturated heterocycles. The maximum Gasteiger partial charge on any atom is 0.127 e. The fourth-order valence-corrected chi connectivity index (χ4v) is 3.95. The highest BCUT2D eigenvalue weighted by Gasteiger charge is 2.09. The number of hydrogen-bond acceptors (Lipinski definition) is 5. The number of phenols is 1. The van der Waals surface area contributed by atoms with Gasteiger partial charge in [0.1, 0.15) is 11.6 Å². The average molecular weight is 391 g/mol. The van der Waals surface area contributed by atoms with E-state index in [-0.39, 0.29) is 5.75 Å². The molecule has 0 aliphatic carbocycles. The van der Waals surface area contributed by atoms with Crippen LogP contribution in [0.5, 0.6) is 5.75 Å². The third kappa shape index (κ3) is 4.23. The number of H-pyrrole nitrogens is 1. The van der Waals surface area contributed by atoms with Crippen LogP contribution in [0, 0.1) is 0 Å². The Bertz CT molecular complexity index is 1040. The van der Waals surface area contributed by atoms with Crippen LogP contribution in [-0.4, -0.2) is 26.6 Å². The van der Waals surface area contributed by atoms with Crippen LogP contribution in [0.3, 0.4) is 0 Å². The van der Waals surface area contributed by atoms with E-state index in [1.54, 1.807) is 18.5 Å². The van der Waals surface area contributed by atoms with Gasteiger partial charge in [-0.1, -0.05) is 6.92 Å². The first kappa shape index (κ1) is 18.3. The maximum absolute atomic E-state index is 9.59. The summed E-state index contributed by atoms with van der Waals surface area (Å²) in [6, 6.07) is 15.7. The minimum Gasteiger partial charge on any atom is -0.508 e. The number of aryl methyl sites for hydroxylation is 1. The number of pyridine rings is 1. The molecule has 0 saturated carbocycles. The highest BCUT2D eigenvalue weighted by atomic mass is 32.1. The number of nitrogens with zero attached hydrogens (tertiary/aromatic N) is 2. The monoisotopic (exact) mass is 390 g/mol. The van der Waals surface area contributed by atoms with Crippen LogP contribution in [-0.2, 0) is 12.8 Å². The summed E-state index contributed by atoms with van der Waals surface area (Å²) in [5, 5.41) is 13.0. The first-order chi connectivity index (χ1) is 13.7. The SMILES string of the molecule is CCc1ccc(-c2cc(NCCc3cnc[nH]3)nc(-c3ccc(O)cc3)c2)s1. The molecule has 0 atom stereocenters. The lowest BCUT2D eigenvalue weighted by Gasteiger charge is -2.10. The molecule has 0 fully saturated rings. The molecule has 3 aromatic heterocycles. The first-order valence-corrected chi connectivity index (χ1v) is 10.1. The Balaban J connectivity index is 1.64. The summed E-state index contributed by atoms with van der Waals surface area (Å²) in [6.45, 7) is 2.94. The Labute approximate surface area is 168 Å². The third-order valence-corrected chi connectivity index (χ3v) is 5.82.